The molecule has 108 valence electrons. The molecule has 0 aliphatic rings. The van der Waals surface area contributed by atoms with E-state index in [9.17, 15) is 15.3 Å². The molecule has 0 unspecified atom stereocenters. The van der Waals surface area contributed by atoms with Crippen LogP contribution >= 0.6 is 15.9 Å². The molecule has 0 saturated carbocycles. The SMILES string of the molecule is OC[C@@H](O)[C@H](O)[C@@H](O)c1cnn(-c2ccc(Br)cc2)n1. The molecule has 0 amide bonds. The second-order valence-electron chi connectivity index (χ2n) is 4.22. The van der Waals surface area contributed by atoms with Crippen LogP contribution in [0.5, 0.6) is 0 Å². The number of benzene rings is 1. The van der Waals surface area contributed by atoms with Crippen LogP contribution in [-0.4, -0.2) is 54.2 Å². The second-order valence-corrected chi connectivity index (χ2v) is 5.14. The molecular formula is C12H14BrN3O4. The van der Waals surface area contributed by atoms with E-state index in [1.54, 1.807) is 12.1 Å². The van der Waals surface area contributed by atoms with Gasteiger partial charge in [0.1, 0.15) is 24.0 Å². The number of nitrogens with zero attached hydrogens (tertiary/aromatic N) is 3. The smallest absolute Gasteiger partial charge is 0.128 e. The lowest BCUT2D eigenvalue weighted by Crippen LogP contribution is -2.34. The van der Waals surface area contributed by atoms with E-state index in [4.69, 9.17) is 5.11 Å². The summed E-state index contributed by atoms with van der Waals surface area (Å²) in [6.07, 6.45) is -3.11. The van der Waals surface area contributed by atoms with Crippen molar-refractivity contribution in [2.45, 2.75) is 18.3 Å². The maximum Gasteiger partial charge on any atom is 0.128 e. The van der Waals surface area contributed by atoms with Crippen molar-refractivity contribution in [2.24, 2.45) is 0 Å². The van der Waals surface area contributed by atoms with Crippen molar-refractivity contribution in [3.8, 4) is 5.69 Å². The van der Waals surface area contributed by atoms with Crippen molar-refractivity contribution >= 4 is 15.9 Å². The molecule has 1 heterocycles. The van der Waals surface area contributed by atoms with E-state index in [0.717, 1.165) is 4.47 Å². The van der Waals surface area contributed by atoms with E-state index in [0.29, 0.717) is 5.69 Å². The van der Waals surface area contributed by atoms with Crippen LogP contribution in [0.2, 0.25) is 0 Å². The topological polar surface area (TPSA) is 112 Å². The lowest BCUT2D eigenvalue weighted by molar-refractivity contribution is -0.0790. The van der Waals surface area contributed by atoms with Crippen molar-refractivity contribution in [1.29, 1.82) is 0 Å². The zero-order valence-corrected chi connectivity index (χ0v) is 11.9. The molecule has 20 heavy (non-hydrogen) atoms. The highest BCUT2D eigenvalue weighted by Crippen LogP contribution is 2.18. The minimum absolute atomic E-state index is 0.105. The van der Waals surface area contributed by atoms with Crippen molar-refractivity contribution in [1.82, 2.24) is 15.0 Å². The standard InChI is InChI=1S/C12H14BrN3O4/c13-7-1-3-8(4-2-7)16-14-5-9(15-16)11(19)12(20)10(18)6-17/h1-5,10-12,17-20H,6H2/t10-,11+,12+/m1/s1. The normalized spacial score (nSPS) is 15.8. The lowest BCUT2D eigenvalue weighted by Gasteiger charge is -2.19. The average molecular weight is 344 g/mol. The van der Waals surface area contributed by atoms with Gasteiger partial charge in [-0.15, -0.1) is 0 Å². The van der Waals surface area contributed by atoms with Gasteiger partial charge in [-0.1, -0.05) is 15.9 Å². The molecule has 0 fully saturated rings. The van der Waals surface area contributed by atoms with Gasteiger partial charge >= 0.3 is 0 Å². The van der Waals surface area contributed by atoms with Crippen LogP contribution in [-0.2, 0) is 0 Å². The van der Waals surface area contributed by atoms with E-state index in [2.05, 4.69) is 26.1 Å². The quantitative estimate of drug-likeness (QED) is 0.597. The van der Waals surface area contributed by atoms with Gasteiger partial charge in [-0.25, -0.2) is 0 Å². The Morgan fingerprint density at radius 1 is 1.15 bits per heavy atom. The van der Waals surface area contributed by atoms with Gasteiger partial charge in [-0.3, -0.25) is 0 Å². The fourth-order valence-corrected chi connectivity index (χ4v) is 1.87. The van der Waals surface area contributed by atoms with Gasteiger partial charge < -0.3 is 20.4 Å². The summed E-state index contributed by atoms with van der Waals surface area (Å²) in [7, 11) is 0. The summed E-state index contributed by atoms with van der Waals surface area (Å²) in [5, 5.41) is 45.5. The Kier molecular flexibility index (Phi) is 4.84. The summed E-state index contributed by atoms with van der Waals surface area (Å²) in [5.41, 5.74) is 0.789. The van der Waals surface area contributed by atoms with E-state index in [1.165, 1.54) is 11.0 Å². The summed E-state index contributed by atoms with van der Waals surface area (Å²) in [4.78, 5) is 1.29. The molecule has 0 spiro atoms. The third kappa shape index (κ3) is 3.22. The Morgan fingerprint density at radius 2 is 1.80 bits per heavy atom. The summed E-state index contributed by atoms with van der Waals surface area (Å²) >= 11 is 3.31. The first kappa shape index (κ1) is 15.1. The van der Waals surface area contributed by atoms with E-state index in [1.807, 2.05) is 12.1 Å². The van der Waals surface area contributed by atoms with Gasteiger partial charge in [0, 0.05) is 4.47 Å². The van der Waals surface area contributed by atoms with Crippen molar-refractivity contribution < 1.29 is 20.4 Å². The van der Waals surface area contributed by atoms with Crippen LogP contribution in [0.3, 0.4) is 0 Å². The van der Waals surface area contributed by atoms with Crippen LogP contribution in [0, 0.1) is 0 Å². The molecule has 8 heteroatoms. The van der Waals surface area contributed by atoms with Crippen molar-refractivity contribution in [3.63, 3.8) is 0 Å². The maximum atomic E-state index is 9.85. The third-order valence-electron chi connectivity index (χ3n) is 2.77. The second kappa shape index (κ2) is 6.42. The highest BCUT2D eigenvalue weighted by molar-refractivity contribution is 9.10. The molecule has 0 aliphatic heterocycles. The molecule has 4 N–H and O–H groups in total. The monoisotopic (exact) mass is 343 g/mol. The fraction of sp³-hybridized carbons (Fsp3) is 0.333. The third-order valence-corrected chi connectivity index (χ3v) is 3.30. The van der Waals surface area contributed by atoms with Gasteiger partial charge in [0.2, 0.25) is 0 Å². The number of hydrogen-bond acceptors (Lipinski definition) is 6. The number of hydrogen-bond donors (Lipinski definition) is 4. The Hall–Kier alpha value is -1.32. The number of aliphatic hydroxyl groups excluding tert-OH is 4. The first-order chi connectivity index (χ1) is 9.52. The van der Waals surface area contributed by atoms with E-state index >= 15 is 0 Å². The first-order valence-electron chi connectivity index (χ1n) is 5.86. The van der Waals surface area contributed by atoms with Crippen LogP contribution in [0.1, 0.15) is 11.8 Å². The predicted octanol–water partition coefficient (Wildman–Crippen LogP) is -0.223. The summed E-state index contributed by atoms with van der Waals surface area (Å²) in [5.74, 6) is 0. The summed E-state index contributed by atoms with van der Waals surface area (Å²) in [6, 6.07) is 7.19. The molecule has 2 aromatic rings. The van der Waals surface area contributed by atoms with Crippen LogP contribution in [0.4, 0.5) is 0 Å². The van der Waals surface area contributed by atoms with Crippen LogP contribution in [0.25, 0.3) is 5.69 Å². The minimum Gasteiger partial charge on any atom is -0.394 e. The number of aliphatic hydroxyl groups is 4. The predicted molar refractivity (Wildman–Crippen MR) is 73.1 cm³/mol. The zero-order valence-electron chi connectivity index (χ0n) is 10.3. The Balaban J connectivity index is 2.18. The molecule has 3 atom stereocenters. The Labute approximate surface area is 123 Å². The highest BCUT2D eigenvalue weighted by atomic mass is 79.9. The maximum absolute atomic E-state index is 9.85. The van der Waals surface area contributed by atoms with Gasteiger partial charge in [0.25, 0.3) is 0 Å². The van der Waals surface area contributed by atoms with Gasteiger partial charge in [-0.05, 0) is 24.3 Å². The largest absolute Gasteiger partial charge is 0.394 e. The molecule has 0 saturated heterocycles. The molecule has 2 rings (SSSR count). The summed E-state index contributed by atoms with van der Waals surface area (Å²) in [6.45, 7) is -0.654. The minimum atomic E-state index is -1.53. The molecular weight excluding hydrogens is 330 g/mol. The lowest BCUT2D eigenvalue weighted by atomic mass is 10.1. The molecule has 0 aliphatic carbocycles. The number of aromatic nitrogens is 3. The number of rotatable bonds is 5. The van der Waals surface area contributed by atoms with Gasteiger partial charge in [-0.2, -0.15) is 15.0 Å². The van der Waals surface area contributed by atoms with Gasteiger partial charge in [0.15, 0.2) is 0 Å². The van der Waals surface area contributed by atoms with E-state index < -0.39 is 24.9 Å². The molecule has 7 nitrogen and oxygen atoms in total. The van der Waals surface area contributed by atoms with Crippen LogP contribution in [0.15, 0.2) is 34.9 Å². The summed E-state index contributed by atoms with van der Waals surface area (Å²) < 4.78 is 0.912. The average Bonchev–Trinajstić information content (AvgIpc) is 2.95. The van der Waals surface area contributed by atoms with E-state index in [-0.39, 0.29) is 5.69 Å². The first-order valence-corrected chi connectivity index (χ1v) is 6.65. The Morgan fingerprint density at radius 3 is 2.40 bits per heavy atom. The molecule has 1 aromatic carbocycles. The fourth-order valence-electron chi connectivity index (χ4n) is 1.60. The highest BCUT2D eigenvalue weighted by Gasteiger charge is 2.27. The molecule has 0 bridgehead atoms. The Bertz CT molecular complexity index is 560. The zero-order chi connectivity index (χ0) is 14.7. The van der Waals surface area contributed by atoms with Crippen molar-refractivity contribution in [3.05, 3.63) is 40.6 Å². The number of halogens is 1. The molecule has 0 radical (unpaired) electrons. The van der Waals surface area contributed by atoms with Gasteiger partial charge in [0.05, 0.1) is 18.5 Å². The van der Waals surface area contributed by atoms with Crippen LogP contribution < -0.4 is 0 Å². The van der Waals surface area contributed by atoms with Crippen molar-refractivity contribution in [2.75, 3.05) is 6.61 Å². The molecule has 1 aromatic heterocycles.